The SMILES string of the molecule is CCc1nc2nc(OC)ccc2[nH]1. The maximum absolute atomic E-state index is 5.00. The molecule has 4 heteroatoms. The number of rotatable bonds is 2. The average Bonchev–Trinajstić information content (AvgIpc) is 2.58. The van der Waals surface area contributed by atoms with Gasteiger partial charge >= 0.3 is 0 Å². The quantitative estimate of drug-likeness (QED) is 0.756. The highest BCUT2D eigenvalue weighted by atomic mass is 16.5. The molecule has 2 aromatic heterocycles. The van der Waals surface area contributed by atoms with Crippen molar-refractivity contribution in [1.29, 1.82) is 0 Å². The van der Waals surface area contributed by atoms with Crippen molar-refractivity contribution in [2.75, 3.05) is 7.11 Å². The molecule has 0 aliphatic heterocycles. The molecule has 2 heterocycles. The fourth-order valence-electron chi connectivity index (χ4n) is 1.21. The van der Waals surface area contributed by atoms with Gasteiger partial charge in [0.15, 0.2) is 5.65 Å². The summed E-state index contributed by atoms with van der Waals surface area (Å²) >= 11 is 0. The van der Waals surface area contributed by atoms with Crippen LogP contribution < -0.4 is 4.74 Å². The van der Waals surface area contributed by atoms with Crippen molar-refractivity contribution in [3.05, 3.63) is 18.0 Å². The third kappa shape index (κ3) is 1.35. The van der Waals surface area contributed by atoms with E-state index in [1.807, 2.05) is 12.1 Å². The third-order valence-electron chi connectivity index (χ3n) is 1.91. The number of aromatic nitrogens is 3. The summed E-state index contributed by atoms with van der Waals surface area (Å²) in [5.41, 5.74) is 1.67. The van der Waals surface area contributed by atoms with Gasteiger partial charge in [-0.15, -0.1) is 0 Å². The molecule has 68 valence electrons. The van der Waals surface area contributed by atoms with Gasteiger partial charge < -0.3 is 9.72 Å². The highest BCUT2D eigenvalue weighted by molar-refractivity contribution is 5.71. The number of pyridine rings is 1. The Kier molecular flexibility index (Phi) is 1.88. The van der Waals surface area contributed by atoms with Crippen LogP contribution in [0.15, 0.2) is 12.1 Å². The summed E-state index contributed by atoms with van der Waals surface area (Å²) in [6.45, 7) is 2.05. The van der Waals surface area contributed by atoms with Crippen molar-refractivity contribution >= 4 is 11.2 Å². The number of imidazole rings is 1. The van der Waals surface area contributed by atoms with Crippen LogP contribution in [0.2, 0.25) is 0 Å². The van der Waals surface area contributed by atoms with Gasteiger partial charge in [-0.2, -0.15) is 4.98 Å². The van der Waals surface area contributed by atoms with Crippen LogP contribution in [0.3, 0.4) is 0 Å². The van der Waals surface area contributed by atoms with Crippen molar-refractivity contribution in [2.45, 2.75) is 13.3 Å². The molecule has 2 aromatic rings. The standard InChI is InChI=1S/C9H11N3O/c1-3-7-10-6-4-5-8(13-2)12-9(6)11-7/h4-5H,3H2,1-2H3,(H,10,11,12). The lowest BCUT2D eigenvalue weighted by Gasteiger charge is -1.95. The van der Waals surface area contributed by atoms with Gasteiger partial charge in [-0.05, 0) is 6.07 Å². The van der Waals surface area contributed by atoms with Crippen molar-refractivity contribution in [2.24, 2.45) is 0 Å². The number of nitrogens with one attached hydrogen (secondary N) is 1. The second-order valence-electron chi connectivity index (χ2n) is 2.76. The minimum Gasteiger partial charge on any atom is -0.481 e. The number of aromatic amines is 1. The van der Waals surface area contributed by atoms with E-state index in [2.05, 4.69) is 21.9 Å². The van der Waals surface area contributed by atoms with E-state index in [1.165, 1.54) is 0 Å². The molecule has 0 bridgehead atoms. The fraction of sp³-hybridized carbons (Fsp3) is 0.333. The van der Waals surface area contributed by atoms with Gasteiger partial charge in [-0.3, -0.25) is 0 Å². The number of ether oxygens (including phenoxy) is 1. The summed E-state index contributed by atoms with van der Waals surface area (Å²) < 4.78 is 5.00. The van der Waals surface area contributed by atoms with Crippen molar-refractivity contribution in [3.8, 4) is 5.88 Å². The minimum absolute atomic E-state index is 0.599. The Hall–Kier alpha value is -1.58. The molecule has 13 heavy (non-hydrogen) atoms. The molecule has 0 aromatic carbocycles. The maximum Gasteiger partial charge on any atom is 0.215 e. The van der Waals surface area contributed by atoms with Crippen molar-refractivity contribution in [1.82, 2.24) is 15.0 Å². The Balaban J connectivity index is 2.57. The zero-order chi connectivity index (χ0) is 9.26. The number of hydrogen-bond acceptors (Lipinski definition) is 3. The maximum atomic E-state index is 5.00. The molecule has 0 aliphatic carbocycles. The van der Waals surface area contributed by atoms with Crippen molar-refractivity contribution < 1.29 is 4.74 Å². The molecule has 0 radical (unpaired) electrons. The Morgan fingerprint density at radius 3 is 2.92 bits per heavy atom. The van der Waals surface area contributed by atoms with Crippen LogP contribution in [0.25, 0.3) is 11.2 Å². The summed E-state index contributed by atoms with van der Waals surface area (Å²) in [7, 11) is 1.60. The topological polar surface area (TPSA) is 50.8 Å². The summed E-state index contributed by atoms with van der Waals surface area (Å²) in [6, 6.07) is 3.74. The van der Waals surface area contributed by atoms with Crippen molar-refractivity contribution in [3.63, 3.8) is 0 Å². The summed E-state index contributed by atoms with van der Waals surface area (Å²) in [6.07, 6.45) is 0.888. The van der Waals surface area contributed by atoms with E-state index in [0.29, 0.717) is 5.88 Å². The third-order valence-corrected chi connectivity index (χ3v) is 1.91. The summed E-state index contributed by atoms with van der Waals surface area (Å²) in [4.78, 5) is 11.7. The molecular weight excluding hydrogens is 166 g/mol. The first kappa shape index (κ1) is 8.04. The van der Waals surface area contributed by atoms with Crippen LogP contribution in [0.1, 0.15) is 12.7 Å². The Labute approximate surface area is 76.0 Å². The Bertz CT molecular complexity index is 420. The first-order valence-corrected chi connectivity index (χ1v) is 4.23. The molecule has 0 spiro atoms. The Morgan fingerprint density at radius 2 is 2.23 bits per heavy atom. The summed E-state index contributed by atoms with van der Waals surface area (Å²) in [5.74, 6) is 1.55. The van der Waals surface area contributed by atoms with E-state index in [9.17, 15) is 0 Å². The predicted molar refractivity (Wildman–Crippen MR) is 49.8 cm³/mol. The van der Waals surface area contributed by atoms with Gasteiger partial charge in [-0.25, -0.2) is 4.98 Å². The molecule has 0 saturated heterocycles. The van der Waals surface area contributed by atoms with Crippen LogP contribution in [0, 0.1) is 0 Å². The lowest BCUT2D eigenvalue weighted by Crippen LogP contribution is -1.86. The molecule has 0 saturated carbocycles. The Morgan fingerprint density at radius 1 is 1.38 bits per heavy atom. The van der Waals surface area contributed by atoms with Gasteiger partial charge in [-0.1, -0.05) is 6.92 Å². The van der Waals surface area contributed by atoms with Crippen LogP contribution in [0.5, 0.6) is 5.88 Å². The van der Waals surface area contributed by atoms with E-state index >= 15 is 0 Å². The largest absolute Gasteiger partial charge is 0.481 e. The van der Waals surface area contributed by atoms with E-state index in [-0.39, 0.29) is 0 Å². The first-order valence-electron chi connectivity index (χ1n) is 4.23. The normalized spacial score (nSPS) is 10.6. The monoisotopic (exact) mass is 177 g/mol. The average molecular weight is 177 g/mol. The lowest BCUT2D eigenvalue weighted by atomic mass is 10.4. The molecule has 2 rings (SSSR count). The van der Waals surface area contributed by atoms with Crippen LogP contribution in [0.4, 0.5) is 0 Å². The second kappa shape index (κ2) is 3.05. The van der Waals surface area contributed by atoms with Crippen LogP contribution in [-0.4, -0.2) is 22.1 Å². The van der Waals surface area contributed by atoms with E-state index in [1.54, 1.807) is 7.11 Å². The van der Waals surface area contributed by atoms with Crippen LogP contribution in [-0.2, 0) is 6.42 Å². The first-order chi connectivity index (χ1) is 6.33. The number of hydrogen-bond donors (Lipinski definition) is 1. The lowest BCUT2D eigenvalue weighted by molar-refractivity contribution is 0.399. The van der Waals surface area contributed by atoms with E-state index < -0.39 is 0 Å². The molecule has 0 atom stereocenters. The molecule has 0 fully saturated rings. The molecular formula is C9H11N3O. The van der Waals surface area contributed by atoms with E-state index in [0.717, 1.165) is 23.4 Å². The molecule has 0 aliphatic rings. The molecule has 0 unspecified atom stereocenters. The predicted octanol–water partition coefficient (Wildman–Crippen LogP) is 1.53. The highest BCUT2D eigenvalue weighted by Crippen LogP contribution is 2.13. The number of fused-ring (bicyclic) bond motifs is 1. The molecule has 1 N–H and O–H groups in total. The smallest absolute Gasteiger partial charge is 0.215 e. The number of methoxy groups -OCH3 is 1. The number of H-pyrrole nitrogens is 1. The molecule has 0 amide bonds. The molecule has 4 nitrogen and oxygen atoms in total. The van der Waals surface area contributed by atoms with E-state index in [4.69, 9.17) is 4.74 Å². The van der Waals surface area contributed by atoms with Gasteiger partial charge in [0.1, 0.15) is 5.82 Å². The summed E-state index contributed by atoms with van der Waals surface area (Å²) in [5, 5.41) is 0. The van der Waals surface area contributed by atoms with Gasteiger partial charge in [0.05, 0.1) is 12.6 Å². The fourth-order valence-corrected chi connectivity index (χ4v) is 1.21. The second-order valence-corrected chi connectivity index (χ2v) is 2.76. The number of aryl methyl sites for hydroxylation is 1. The van der Waals surface area contributed by atoms with Gasteiger partial charge in [0.2, 0.25) is 5.88 Å². The zero-order valence-electron chi connectivity index (χ0n) is 7.66. The highest BCUT2D eigenvalue weighted by Gasteiger charge is 2.02. The number of nitrogens with zero attached hydrogens (tertiary/aromatic N) is 2. The van der Waals surface area contributed by atoms with Gasteiger partial charge in [0.25, 0.3) is 0 Å². The van der Waals surface area contributed by atoms with Gasteiger partial charge in [0, 0.05) is 12.5 Å². The minimum atomic E-state index is 0.599. The van der Waals surface area contributed by atoms with Crippen LogP contribution >= 0.6 is 0 Å². The zero-order valence-corrected chi connectivity index (χ0v) is 7.66.